The van der Waals surface area contributed by atoms with Gasteiger partial charge in [0.1, 0.15) is 0 Å². The number of rotatable bonds is 37. The van der Waals surface area contributed by atoms with Gasteiger partial charge in [-0.25, -0.2) is 23.0 Å². The molecule has 0 aliphatic carbocycles. The van der Waals surface area contributed by atoms with Crippen molar-refractivity contribution in [3.05, 3.63) is 0 Å². The summed E-state index contributed by atoms with van der Waals surface area (Å²) in [5.41, 5.74) is 0. The summed E-state index contributed by atoms with van der Waals surface area (Å²) >= 11 is -1.75. The molecule has 0 saturated carbocycles. The zero-order chi connectivity index (χ0) is 37.8. The summed E-state index contributed by atoms with van der Waals surface area (Å²) in [6.07, 6.45) is 22.4. The Labute approximate surface area is 312 Å². The maximum absolute atomic E-state index is 13.7. The van der Waals surface area contributed by atoms with Crippen LogP contribution in [-0.4, -0.2) is 52.3 Å². The number of aliphatic carboxylic acids is 1. The molecule has 0 aliphatic heterocycles. The fraction of sp³-hybridized carbons (Fsp3) is 0.971. The average molecular weight is 798 g/mol. The number of hydrogen-bond acceptors (Lipinski definition) is 11. The van der Waals surface area contributed by atoms with E-state index in [0.29, 0.717) is 25.7 Å². The predicted molar refractivity (Wildman–Crippen MR) is 190 cm³/mol. The summed E-state index contributed by atoms with van der Waals surface area (Å²) in [5.74, 6) is -5.76. The van der Waals surface area contributed by atoms with Crippen molar-refractivity contribution >= 4 is 21.6 Å². The third-order valence-corrected chi connectivity index (χ3v) is 10.7. The standard InChI is InChI=1S/C34H70O11P2.H2O.O.Ti/c1-5-9-13-17-21-25-29-40-46(38,41-30-26-22-18-14-10-6-2)44-34(37,33(35)36)45-47(39,42-31-27-23-19-15-11-7-3)43-32-28-24-20-16-12-8-4;;;/h37H,5-32H2,1-4H3,(H,35,36);1H2;;/q;;;+1/p-1. The molecule has 0 aromatic heterocycles. The Kier molecular flexibility index (Phi) is 37.7. The second kappa shape index (κ2) is 36.1. The van der Waals surface area contributed by atoms with Crippen molar-refractivity contribution in [2.24, 2.45) is 0 Å². The number of hydrogen-bond donors (Lipinski definition) is 3. The van der Waals surface area contributed by atoms with E-state index in [1.54, 1.807) is 0 Å². The Morgan fingerprint density at radius 3 is 0.900 bits per heavy atom. The summed E-state index contributed by atoms with van der Waals surface area (Å²) < 4.78 is 75.3. The van der Waals surface area contributed by atoms with E-state index < -0.39 is 47.1 Å². The van der Waals surface area contributed by atoms with Crippen molar-refractivity contribution in [3.63, 3.8) is 0 Å². The summed E-state index contributed by atoms with van der Waals surface area (Å²) in [6, 6.07) is 0. The molecular weight excluding hydrogens is 726 g/mol. The van der Waals surface area contributed by atoms with Crippen molar-refractivity contribution < 1.29 is 77.8 Å². The zero-order valence-corrected chi connectivity index (χ0v) is 35.0. The van der Waals surface area contributed by atoms with Crippen molar-refractivity contribution in [3.8, 4) is 0 Å². The first kappa shape index (κ1) is 52.2. The SMILES string of the molecule is CCCCCCCCOP(=O)(OCCCCCCCC)OC(O)(OP(=O)(OCCCCCCCC)OCCCCCCCC)C(=O)O.[O]=[Ti][OH]. The Morgan fingerprint density at radius 1 is 0.500 bits per heavy atom. The molecule has 0 atom stereocenters. The number of carbonyl (C=O) groups is 1. The normalized spacial score (nSPS) is 12.0. The molecule has 0 aromatic carbocycles. The second-order valence-corrected chi connectivity index (χ2v) is 15.9. The molecule has 13 nitrogen and oxygen atoms in total. The van der Waals surface area contributed by atoms with Gasteiger partial charge in [0.2, 0.25) is 0 Å². The third-order valence-electron chi connectivity index (χ3n) is 7.73. The van der Waals surface area contributed by atoms with Gasteiger partial charge in [0.15, 0.2) is 0 Å². The van der Waals surface area contributed by atoms with Crippen LogP contribution in [0.3, 0.4) is 0 Å². The minimum atomic E-state index is -4.69. The molecule has 0 aromatic rings. The van der Waals surface area contributed by atoms with E-state index in [1.807, 2.05) is 0 Å². The van der Waals surface area contributed by atoms with Gasteiger partial charge in [0.05, 0.1) is 26.4 Å². The first-order valence-electron chi connectivity index (χ1n) is 19.2. The first-order valence-corrected chi connectivity index (χ1v) is 23.4. The van der Waals surface area contributed by atoms with Gasteiger partial charge in [-0.05, 0) is 25.7 Å². The molecule has 50 heavy (non-hydrogen) atoms. The molecule has 0 bridgehead atoms. The van der Waals surface area contributed by atoms with Crippen LogP contribution in [0.15, 0.2) is 0 Å². The minimum absolute atomic E-state index is 0.0453. The van der Waals surface area contributed by atoms with Crippen molar-refractivity contribution in [2.45, 2.75) is 188 Å². The Bertz CT molecular complexity index is 782. The number of unbranched alkanes of at least 4 members (excludes halogenated alkanes) is 20. The van der Waals surface area contributed by atoms with Crippen LogP contribution < -0.4 is 0 Å². The number of aliphatic hydroxyl groups is 1. The van der Waals surface area contributed by atoms with Crippen LogP contribution in [0.2, 0.25) is 0 Å². The molecule has 0 amide bonds. The van der Waals surface area contributed by atoms with E-state index in [-0.39, 0.29) is 26.4 Å². The maximum atomic E-state index is 13.7. The fourth-order valence-corrected chi connectivity index (χ4v) is 7.48. The van der Waals surface area contributed by atoms with Crippen molar-refractivity contribution in [1.82, 2.24) is 0 Å². The van der Waals surface area contributed by atoms with Crippen LogP contribution in [-0.2, 0) is 63.9 Å². The van der Waals surface area contributed by atoms with E-state index in [0.717, 1.165) is 128 Å². The van der Waals surface area contributed by atoms with Crippen molar-refractivity contribution in [1.29, 1.82) is 0 Å². The molecular formula is C34H71O13P2Ti. The Balaban J connectivity index is 0. The Hall–Kier alpha value is 0.124. The molecule has 0 saturated heterocycles. The zero-order valence-electron chi connectivity index (χ0n) is 31.6. The number of phosphoric ester groups is 2. The van der Waals surface area contributed by atoms with Gasteiger partial charge < -0.3 is 10.2 Å². The molecule has 0 spiro atoms. The van der Waals surface area contributed by atoms with Gasteiger partial charge in [-0.1, -0.05) is 156 Å². The molecule has 0 rings (SSSR count). The molecule has 3 N–H and O–H groups in total. The fourth-order valence-electron chi connectivity index (χ4n) is 4.81. The van der Waals surface area contributed by atoms with Crippen LogP contribution in [0.25, 0.3) is 0 Å². The molecule has 299 valence electrons. The van der Waals surface area contributed by atoms with Gasteiger partial charge in [-0.3, -0.25) is 18.1 Å². The van der Waals surface area contributed by atoms with Gasteiger partial charge >= 0.3 is 54.1 Å². The number of carboxylic acids is 1. The molecule has 0 aliphatic rings. The van der Waals surface area contributed by atoms with Crippen LogP contribution in [0.1, 0.15) is 182 Å². The average Bonchev–Trinajstić information content (AvgIpc) is 3.07. The van der Waals surface area contributed by atoms with Crippen LogP contribution in [0.5, 0.6) is 0 Å². The predicted octanol–water partition coefficient (Wildman–Crippen LogP) is 10.8. The van der Waals surface area contributed by atoms with E-state index in [1.165, 1.54) is 0 Å². The summed E-state index contributed by atoms with van der Waals surface area (Å²) in [5, 5.41) is 21.0. The van der Waals surface area contributed by atoms with Crippen LogP contribution in [0, 0.1) is 0 Å². The number of carboxylic acid groups (broad SMARTS) is 1. The van der Waals surface area contributed by atoms with E-state index >= 15 is 0 Å². The van der Waals surface area contributed by atoms with Crippen LogP contribution in [0.4, 0.5) is 0 Å². The van der Waals surface area contributed by atoms with E-state index in [2.05, 4.69) is 27.7 Å². The molecule has 0 fully saturated rings. The van der Waals surface area contributed by atoms with E-state index in [4.69, 9.17) is 34.2 Å². The summed E-state index contributed by atoms with van der Waals surface area (Å²) in [7, 11) is -9.37. The second-order valence-electron chi connectivity index (χ2n) is 12.5. The number of phosphoric acid groups is 2. The molecule has 0 radical (unpaired) electrons. The Morgan fingerprint density at radius 2 is 0.700 bits per heavy atom. The quantitative estimate of drug-likeness (QED) is 0.0234. The summed E-state index contributed by atoms with van der Waals surface area (Å²) in [4.78, 5) is 12.3. The summed E-state index contributed by atoms with van der Waals surface area (Å²) in [6.45, 7) is 8.33. The van der Waals surface area contributed by atoms with Crippen LogP contribution >= 0.6 is 15.6 Å². The topological polar surface area (TPSA) is 184 Å². The third kappa shape index (κ3) is 31.6. The first-order chi connectivity index (χ1) is 24.0. The van der Waals surface area contributed by atoms with Gasteiger partial charge in [-0.15, -0.1) is 0 Å². The monoisotopic (exact) mass is 797 g/mol. The van der Waals surface area contributed by atoms with Gasteiger partial charge in [0.25, 0.3) is 0 Å². The molecule has 0 unspecified atom stereocenters. The molecule has 0 heterocycles. The van der Waals surface area contributed by atoms with Gasteiger partial charge in [-0.2, -0.15) is 0 Å². The molecule has 16 heteroatoms. The van der Waals surface area contributed by atoms with Gasteiger partial charge in [0, 0.05) is 0 Å². The van der Waals surface area contributed by atoms with Crippen molar-refractivity contribution in [2.75, 3.05) is 26.4 Å². The van der Waals surface area contributed by atoms with E-state index in [9.17, 15) is 24.1 Å².